The van der Waals surface area contributed by atoms with Crippen LogP contribution in [0.2, 0.25) is 5.02 Å². The molecule has 0 bridgehead atoms. The molecule has 1 aromatic carbocycles. The van der Waals surface area contributed by atoms with Gasteiger partial charge in [-0.25, -0.2) is 4.98 Å². The summed E-state index contributed by atoms with van der Waals surface area (Å²) in [5.41, 5.74) is 0.742. The van der Waals surface area contributed by atoms with E-state index in [0.29, 0.717) is 15.2 Å². The third kappa shape index (κ3) is 4.29. The van der Waals surface area contributed by atoms with Gasteiger partial charge in [-0.2, -0.15) is 0 Å². The fourth-order valence-electron chi connectivity index (χ4n) is 1.94. The summed E-state index contributed by atoms with van der Waals surface area (Å²) >= 11 is 9.28. The van der Waals surface area contributed by atoms with E-state index in [0.717, 1.165) is 0 Å². The van der Waals surface area contributed by atoms with Gasteiger partial charge in [-0.3, -0.25) is 9.59 Å². The first-order valence-electron chi connectivity index (χ1n) is 6.37. The van der Waals surface area contributed by atoms with Gasteiger partial charge < -0.3 is 10.4 Å². The molecule has 0 spiro atoms. The molecule has 2 aromatic rings. The average Bonchev–Trinajstić information content (AvgIpc) is 2.46. The number of carbonyl (C=O) groups excluding carboxylic acids is 1. The molecule has 0 aliphatic heterocycles. The van der Waals surface area contributed by atoms with Gasteiger partial charge in [0.05, 0.1) is 12.5 Å². The summed E-state index contributed by atoms with van der Waals surface area (Å²) in [6, 6.07) is 11.0. The second-order valence-electron chi connectivity index (χ2n) is 4.49. The van der Waals surface area contributed by atoms with E-state index in [2.05, 4.69) is 26.2 Å². The van der Waals surface area contributed by atoms with Gasteiger partial charge in [0.2, 0.25) is 0 Å². The Balaban J connectivity index is 2.25. The van der Waals surface area contributed by atoms with Crippen LogP contribution >= 0.6 is 27.5 Å². The molecule has 0 fully saturated rings. The number of amides is 1. The number of carboxylic acid groups (broad SMARTS) is 1. The summed E-state index contributed by atoms with van der Waals surface area (Å²) in [6.45, 7) is 0. The van der Waals surface area contributed by atoms with Crippen molar-refractivity contribution in [2.24, 2.45) is 0 Å². The molecule has 1 heterocycles. The lowest BCUT2D eigenvalue weighted by atomic mass is 10.0. The Morgan fingerprint density at radius 2 is 1.95 bits per heavy atom. The molecule has 0 aliphatic rings. The lowest BCUT2D eigenvalue weighted by Gasteiger charge is -2.18. The van der Waals surface area contributed by atoms with E-state index in [1.165, 1.54) is 0 Å². The molecule has 0 unspecified atom stereocenters. The standard InChI is InChI=1S/C15H12BrClN2O3/c16-13-7-3-6-11(18-13)15(22)19-12(8-14(20)21)9-4-1-2-5-10(9)17/h1-7,12H,8H2,(H,19,22)(H,20,21)/t12-/m0/s1. The zero-order valence-electron chi connectivity index (χ0n) is 11.3. The van der Waals surface area contributed by atoms with Gasteiger partial charge in [0.15, 0.2) is 0 Å². The lowest BCUT2D eigenvalue weighted by molar-refractivity contribution is -0.137. The van der Waals surface area contributed by atoms with E-state index in [1.54, 1.807) is 42.5 Å². The minimum atomic E-state index is -1.03. The van der Waals surface area contributed by atoms with Gasteiger partial charge in [0, 0.05) is 5.02 Å². The maximum atomic E-state index is 12.2. The number of carbonyl (C=O) groups is 2. The van der Waals surface area contributed by atoms with Gasteiger partial charge in [-0.1, -0.05) is 35.9 Å². The van der Waals surface area contributed by atoms with Crippen molar-refractivity contribution in [2.75, 3.05) is 0 Å². The normalized spacial score (nSPS) is 11.7. The van der Waals surface area contributed by atoms with Crippen molar-refractivity contribution in [3.05, 3.63) is 63.3 Å². The van der Waals surface area contributed by atoms with Crippen molar-refractivity contribution in [1.82, 2.24) is 10.3 Å². The molecule has 2 rings (SSSR count). The largest absolute Gasteiger partial charge is 0.481 e. The molecule has 7 heteroatoms. The molecule has 114 valence electrons. The predicted octanol–water partition coefficient (Wildman–Crippen LogP) is 3.44. The number of aromatic nitrogens is 1. The van der Waals surface area contributed by atoms with Crippen LogP contribution in [0.5, 0.6) is 0 Å². The maximum Gasteiger partial charge on any atom is 0.305 e. The molecule has 1 amide bonds. The van der Waals surface area contributed by atoms with Crippen molar-refractivity contribution in [3.8, 4) is 0 Å². The molecule has 1 aromatic heterocycles. The van der Waals surface area contributed by atoms with E-state index in [9.17, 15) is 9.59 Å². The second-order valence-corrected chi connectivity index (χ2v) is 5.71. The summed E-state index contributed by atoms with van der Waals surface area (Å²) in [5, 5.41) is 12.1. The van der Waals surface area contributed by atoms with E-state index < -0.39 is 17.9 Å². The Labute approximate surface area is 140 Å². The van der Waals surface area contributed by atoms with E-state index in [4.69, 9.17) is 16.7 Å². The fraction of sp³-hybridized carbons (Fsp3) is 0.133. The Morgan fingerprint density at radius 3 is 2.59 bits per heavy atom. The van der Waals surface area contributed by atoms with Crippen LogP contribution in [-0.4, -0.2) is 22.0 Å². The quantitative estimate of drug-likeness (QED) is 0.775. The third-order valence-electron chi connectivity index (χ3n) is 2.91. The highest BCUT2D eigenvalue weighted by Crippen LogP contribution is 2.25. The van der Waals surface area contributed by atoms with Crippen LogP contribution in [-0.2, 0) is 4.79 Å². The molecule has 5 nitrogen and oxygen atoms in total. The fourth-order valence-corrected chi connectivity index (χ4v) is 2.55. The number of nitrogens with zero attached hydrogens (tertiary/aromatic N) is 1. The van der Waals surface area contributed by atoms with Crippen molar-refractivity contribution in [2.45, 2.75) is 12.5 Å². The molecule has 22 heavy (non-hydrogen) atoms. The first-order valence-corrected chi connectivity index (χ1v) is 7.54. The van der Waals surface area contributed by atoms with Gasteiger partial charge >= 0.3 is 5.97 Å². The van der Waals surface area contributed by atoms with Gasteiger partial charge in [0.1, 0.15) is 10.3 Å². The van der Waals surface area contributed by atoms with Crippen LogP contribution in [0.15, 0.2) is 47.1 Å². The van der Waals surface area contributed by atoms with Crippen molar-refractivity contribution < 1.29 is 14.7 Å². The van der Waals surface area contributed by atoms with Crippen LogP contribution in [0.25, 0.3) is 0 Å². The molecule has 0 saturated heterocycles. The average molecular weight is 384 g/mol. The third-order valence-corrected chi connectivity index (χ3v) is 3.70. The number of halogens is 2. The van der Waals surface area contributed by atoms with E-state index in [-0.39, 0.29) is 12.1 Å². The Bertz CT molecular complexity index is 709. The number of carboxylic acids is 1. The van der Waals surface area contributed by atoms with Crippen molar-refractivity contribution in [1.29, 1.82) is 0 Å². The van der Waals surface area contributed by atoms with E-state index in [1.807, 2.05) is 0 Å². The summed E-state index contributed by atoms with van der Waals surface area (Å²) in [6.07, 6.45) is -0.274. The minimum absolute atomic E-state index is 0.191. The Hall–Kier alpha value is -1.92. The van der Waals surface area contributed by atoms with Gasteiger partial charge in [0.25, 0.3) is 5.91 Å². The molecule has 0 radical (unpaired) electrons. The number of hydrogen-bond acceptors (Lipinski definition) is 3. The first-order chi connectivity index (χ1) is 10.5. The monoisotopic (exact) mass is 382 g/mol. The van der Waals surface area contributed by atoms with Crippen LogP contribution < -0.4 is 5.32 Å². The summed E-state index contributed by atoms with van der Waals surface area (Å²) in [7, 11) is 0. The number of rotatable bonds is 5. The molecule has 0 aliphatic carbocycles. The number of hydrogen-bond donors (Lipinski definition) is 2. The zero-order chi connectivity index (χ0) is 16.1. The summed E-state index contributed by atoms with van der Waals surface area (Å²) in [4.78, 5) is 27.3. The molecular weight excluding hydrogens is 372 g/mol. The zero-order valence-corrected chi connectivity index (χ0v) is 13.6. The summed E-state index contributed by atoms with van der Waals surface area (Å²) < 4.78 is 0.521. The maximum absolute atomic E-state index is 12.2. The number of aliphatic carboxylic acids is 1. The van der Waals surface area contributed by atoms with Crippen LogP contribution in [0.1, 0.15) is 28.5 Å². The van der Waals surface area contributed by atoms with Crippen LogP contribution in [0.4, 0.5) is 0 Å². The number of nitrogens with one attached hydrogen (secondary N) is 1. The number of benzene rings is 1. The highest BCUT2D eigenvalue weighted by molar-refractivity contribution is 9.10. The lowest BCUT2D eigenvalue weighted by Crippen LogP contribution is -2.31. The SMILES string of the molecule is O=C(O)C[C@H](NC(=O)c1cccc(Br)n1)c1ccccc1Cl. The smallest absolute Gasteiger partial charge is 0.305 e. The second kappa shape index (κ2) is 7.38. The van der Waals surface area contributed by atoms with Crippen molar-refractivity contribution >= 4 is 39.4 Å². The molecule has 0 saturated carbocycles. The Morgan fingerprint density at radius 1 is 1.23 bits per heavy atom. The molecule has 2 N–H and O–H groups in total. The first kappa shape index (κ1) is 16.5. The van der Waals surface area contributed by atoms with Gasteiger partial charge in [-0.15, -0.1) is 0 Å². The highest BCUT2D eigenvalue weighted by Gasteiger charge is 2.21. The van der Waals surface area contributed by atoms with Crippen LogP contribution in [0, 0.1) is 0 Å². The van der Waals surface area contributed by atoms with Gasteiger partial charge in [-0.05, 0) is 39.7 Å². The predicted molar refractivity (Wildman–Crippen MR) is 85.8 cm³/mol. The highest BCUT2D eigenvalue weighted by atomic mass is 79.9. The van der Waals surface area contributed by atoms with Crippen molar-refractivity contribution in [3.63, 3.8) is 0 Å². The molecular formula is C15H12BrClN2O3. The number of pyridine rings is 1. The molecule has 1 atom stereocenters. The Kier molecular flexibility index (Phi) is 5.51. The topological polar surface area (TPSA) is 79.3 Å². The minimum Gasteiger partial charge on any atom is -0.481 e. The summed E-state index contributed by atoms with van der Waals surface area (Å²) in [5.74, 6) is -1.50. The van der Waals surface area contributed by atoms with E-state index >= 15 is 0 Å². The van der Waals surface area contributed by atoms with Crippen LogP contribution in [0.3, 0.4) is 0 Å².